The van der Waals surface area contributed by atoms with E-state index in [9.17, 15) is 23.7 Å². The van der Waals surface area contributed by atoms with Gasteiger partial charge in [-0.15, -0.1) is 10.2 Å². The zero-order chi connectivity index (χ0) is 26.8. The number of thioether (sulfide) groups is 1. The van der Waals surface area contributed by atoms with E-state index in [2.05, 4.69) is 19.9 Å². The van der Waals surface area contributed by atoms with Crippen molar-refractivity contribution in [3.63, 3.8) is 0 Å². The summed E-state index contributed by atoms with van der Waals surface area (Å²) in [6, 6.07) is 18.2. The summed E-state index contributed by atoms with van der Waals surface area (Å²) in [7, 11) is 0. The Bertz CT molecular complexity index is 1670. The lowest BCUT2D eigenvalue weighted by Gasteiger charge is -2.15. The summed E-state index contributed by atoms with van der Waals surface area (Å²) in [6.07, 6.45) is 0. The van der Waals surface area contributed by atoms with E-state index in [-0.39, 0.29) is 28.8 Å². The minimum Gasteiger partial charge on any atom is -0.435 e. The largest absolute Gasteiger partial charge is 0.435 e. The number of nitrogens with zero attached hydrogens (tertiary/aromatic N) is 5. The second-order valence-corrected chi connectivity index (χ2v) is 9.24. The Morgan fingerprint density at radius 2 is 1.74 bits per heavy atom. The van der Waals surface area contributed by atoms with Crippen LogP contribution in [-0.4, -0.2) is 31.3 Å². The lowest BCUT2D eigenvalue weighted by atomic mass is 10.2. The number of ether oxygens (including phenoxy) is 1. The number of para-hydroxylation sites is 1. The van der Waals surface area contributed by atoms with Gasteiger partial charge in [-0.2, -0.15) is 8.78 Å². The van der Waals surface area contributed by atoms with Gasteiger partial charge in [0.25, 0.3) is 11.2 Å². The molecule has 0 aliphatic rings. The molecule has 3 aromatic carbocycles. The molecule has 1 atom stereocenters. The molecule has 5 rings (SSSR count). The number of alkyl halides is 2. The number of hydrogen-bond acceptors (Lipinski definition) is 9. The first-order chi connectivity index (χ1) is 18.3. The van der Waals surface area contributed by atoms with Crippen LogP contribution in [0.4, 0.5) is 14.5 Å². The van der Waals surface area contributed by atoms with Gasteiger partial charge in [0, 0.05) is 17.7 Å². The molecule has 0 N–H and O–H groups in total. The molecule has 13 heteroatoms. The molecule has 2 aromatic heterocycles. The van der Waals surface area contributed by atoms with Gasteiger partial charge in [0.05, 0.1) is 26.8 Å². The van der Waals surface area contributed by atoms with Crippen molar-refractivity contribution in [2.24, 2.45) is 0 Å². The van der Waals surface area contributed by atoms with E-state index in [0.29, 0.717) is 27.3 Å². The number of halogens is 2. The first kappa shape index (κ1) is 25.0. The Labute approximate surface area is 217 Å². The van der Waals surface area contributed by atoms with Crippen LogP contribution in [0.2, 0.25) is 0 Å². The maximum absolute atomic E-state index is 13.5. The van der Waals surface area contributed by atoms with Gasteiger partial charge in [-0.05, 0) is 55.5 Å². The average Bonchev–Trinajstić information content (AvgIpc) is 3.40. The van der Waals surface area contributed by atoms with Crippen LogP contribution in [0, 0.1) is 10.1 Å². The Balaban J connectivity index is 1.49. The molecule has 0 saturated carbocycles. The molecule has 0 saturated heterocycles. The number of fused-ring (bicyclic) bond motifs is 1. The first-order valence-electron chi connectivity index (χ1n) is 11.1. The van der Waals surface area contributed by atoms with Crippen molar-refractivity contribution in [1.82, 2.24) is 19.7 Å². The van der Waals surface area contributed by atoms with Gasteiger partial charge in [0.2, 0.25) is 11.8 Å². The number of non-ortho nitro benzene ring substituents is 1. The highest BCUT2D eigenvalue weighted by Crippen LogP contribution is 2.35. The van der Waals surface area contributed by atoms with Crippen LogP contribution in [0.15, 0.2) is 87.2 Å². The number of aromatic nitrogens is 4. The molecule has 0 radical (unpaired) electrons. The molecule has 5 aromatic rings. The molecule has 192 valence electrons. The molecular formula is C25H17F2N5O5S. The minimum absolute atomic E-state index is 0.0437. The van der Waals surface area contributed by atoms with E-state index in [1.807, 2.05) is 0 Å². The third-order valence-corrected chi connectivity index (χ3v) is 6.50. The fourth-order valence-electron chi connectivity index (χ4n) is 3.65. The van der Waals surface area contributed by atoms with E-state index in [4.69, 9.17) is 4.42 Å². The van der Waals surface area contributed by atoms with Crippen LogP contribution in [0.3, 0.4) is 0 Å². The highest BCUT2D eigenvalue weighted by atomic mass is 32.2. The zero-order valence-corrected chi connectivity index (χ0v) is 20.3. The number of benzene rings is 3. The van der Waals surface area contributed by atoms with Gasteiger partial charge in [0.15, 0.2) is 5.16 Å². The fourth-order valence-corrected chi connectivity index (χ4v) is 4.60. The second-order valence-electron chi connectivity index (χ2n) is 7.93. The zero-order valence-electron chi connectivity index (χ0n) is 19.5. The van der Waals surface area contributed by atoms with E-state index < -0.39 is 16.8 Å². The van der Waals surface area contributed by atoms with Crippen molar-refractivity contribution < 1.29 is 22.9 Å². The van der Waals surface area contributed by atoms with Crippen LogP contribution in [0.5, 0.6) is 5.75 Å². The summed E-state index contributed by atoms with van der Waals surface area (Å²) < 4.78 is 36.7. The fraction of sp³-hybridized carbons (Fsp3) is 0.120. The average molecular weight is 538 g/mol. The van der Waals surface area contributed by atoms with E-state index in [1.165, 1.54) is 64.9 Å². The molecular weight excluding hydrogens is 520 g/mol. The summed E-state index contributed by atoms with van der Waals surface area (Å²) in [5.74, 6) is 0.386. The summed E-state index contributed by atoms with van der Waals surface area (Å²) in [5, 5.41) is 19.3. The molecule has 38 heavy (non-hydrogen) atoms. The van der Waals surface area contributed by atoms with Crippen molar-refractivity contribution in [2.75, 3.05) is 0 Å². The second kappa shape index (κ2) is 10.4. The van der Waals surface area contributed by atoms with Crippen LogP contribution in [0.1, 0.15) is 18.1 Å². The number of nitro benzene ring substituents is 1. The maximum atomic E-state index is 13.5. The maximum Gasteiger partial charge on any atom is 0.387 e. The van der Waals surface area contributed by atoms with Gasteiger partial charge in [-0.1, -0.05) is 23.9 Å². The molecule has 0 unspecified atom stereocenters. The molecule has 0 aliphatic carbocycles. The van der Waals surface area contributed by atoms with E-state index in [1.54, 1.807) is 31.2 Å². The lowest BCUT2D eigenvalue weighted by Crippen LogP contribution is -2.22. The lowest BCUT2D eigenvalue weighted by molar-refractivity contribution is -0.384. The van der Waals surface area contributed by atoms with Gasteiger partial charge in [-0.3, -0.25) is 19.5 Å². The SMILES string of the molecule is C[C@H](Sc1nc2ccccc2c(=O)n1-c1ccc(OC(F)F)cc1)c1nnc(-c2ccc([N+](=O)[O-])cc2)o1. The molecule has 0 amide bonds. The summed E-state index contributed by atoms with van der Waals surface area (Å²) in [5.41, 5.74) is 0.995. The Kier molecular flexibility index (Phi) is 6.83. The quantitative estimate of drug-likeness (QED) is 0.104. The van der Waals surface area contributed by atoms with Gasteiger partial charge in [-0.25, -0.2) is 4.98 Å². The van der Waals surface area contributed by atoms with Crippen LogP contribution >= 0.6 is 11.8 Å². The summed E-state index contributed by atoms with van der Waals surface area (Å²) in [6.45, 7) is -1.17. The normalized spacial score (nSPS) is 12.1. The molecule has 10 nitrogen and oxygen atoms in total. The molecule has 2 heterocycles. The minimum atomic E-state index is -2.97. The van der Waals surface area contributed by atoms with Crippen molar-refractivity contribution in [2.45, 2.75) is 23.9 Å². The van der Waals surface area contributed by atoms with Gasteiger partial charge < -0.3 is 9.15 Å². The number of rotatable bonds is 8. The number of nitro groups is 1. The topological polar surface area (TPSA) is 126 Å². The Hall–Kier alpha value is -4.65. The predicted molar refractivity (Wildman–Crippen MR) is 135 cm³/mol. The van der Waals surface area contributed by atoms with Gasteiger partial charge in [0.1, 0.15) is 5.75 Å². The molecule has 0 bridgehead atoms. The van der Waals surface area contributed by atoms with E-state index >= 15 is 0 Å². The summed E-state index contributed by atoms with van der Waals surface area (Å²) in [4.78, 5) is 28.5. The monoisotopic (exact) mass is 537 g/mol. The first-order valence-corrected chi connectivity index (χ1v) is 12.0. The van der Waals surface area contributed by atoms with E-state index in [0.717, 1.165) is 0 Å². The van der Waals surface area contributed by atoms with Crippen LogP contribution in [0.25, 0.3) is 28.0 Å². The van der Waals surface area contributed by atoms with Crippen molar-refractivity contribution in [3.8, 4) is 22.9 Å². The van der Waals surface area contributed by atoms with Crippen LogP contribution < -0.4 is 10.3 Å². The van der Waals surface area contributed by atoms with Crippen molar-refractivity contribution in [1.29, 1.82) is 0 Å². The highest BCUT2D eigenvalue weighted by molar-refractivity contribution is 7.99. The van der Waals surface area contributed by atoms with Crippen molar-refractivity contribution in [3.05, 3.63) is 99.2 Å². The third kappa shape index (κ3) is 5.09. The smallest absolute Gasteiger partial charge is 0.387 e. The van der Waals surface area contributed by atoms with Crippen LogP contribution in [-0.2, 0) is 0 Å². The van der Waals surface area contributed by atoms with Gasteiger partial charge >= 0.3 is 6.61 Å². The standard InChI is InChI=1S/C25H17F2N5O5S/c1-14(21-29-30-22(37-21)15-6-8-17(9-7-15)32(34)35)38-25-28-20-5-3-2-4-19(20)23(33)31(25)16-10-12-18(13-11-16)36-24(26)27/h2-14,24H,1H3/t14-/m0/s1. The molecule has 0 fully saturated rings. The third-order valence-electron chi connectivity index (χ3n) is 5.46. The summed E-state index contributed by atoms with van der Waals surface area (Å²) >= 11 is 1.19. The Morgan fingerprint density at radius 1 is 1.03 bits per heavy atom. The molecule has 0 spiro atoms. The molecule has 0 aliphatic heterocycles. The Morgan fingerprint density at radius 3 is 2.42 bits per heavy atom. The highest BCUT2D eigenvalue weighted by Gasteiger charge is 2.21. The number of hydrogen-bond donors (Lipinski definition) is 0. The predicted octanol–water partition coefficient (Wildman–Crippen LogP) is 5.80. The van der Waals surface area contributed by atoms with Crippen molar-refractivity contribution >= 4 is 28.4 Å².